The van der Waals surface area contributed by atoms with Gasteiger partial charge in [-0.15, -0.1) is 0 Å². The van der Waals surface area contributed by atoms with Crippen molar-refractivity contribution in [3.63, 3.8) is 0 Å². The number of carbonyl (C=O) groups excluding carboxylic acids is 4. The molecule has 8 aromatic rings. The standard InChI is InChI=1S/C72H76N4O12/c1-81-61-37-62(82-2)54-29-53(61)49(33-69(77)73-41-45-21-13-9-14-22-45)55-30-56(64(84-4)38-63(55)83-3)51(35-71(79)75-43-47-25-17-11-18-26-47)59-32-60(68(88-8)40-67(59)87-7)52(36-72(80)76-44-48-27-19-12-20-28-48)58-31-57(65(85-5)39-66(58)86-6)50(54)34-70(78)74-42-46-23-15-10-16-24-46/h9-32,37-40,49-52H,33-36,41-44H2,1-8H3,(H,73,77)(H,74,78)(H,75,79)(H,76,80). The number of fused-ring (bicyclic) bond motifs is 8. The van der Waals surface area contributed by atoms with E-state index >= 15 is 0 Å². The highest BCUT2D eigenvalue weighted by Gasteiger charge is 2.37. The second-order valence-electron chi connectivity index (χ2n) is 21.4. The van der Waals surface area contributed by atoms with E-state index in [0.717, 1.165) is 22.3 Å². The number of hydrogen-bond donors (Lipinski definition) is 4. The zero-order valence-electron chi connectivity index (χ0n) is 51.0. The quantitative estimate of drug-likeness (QED) is 0.0449. The molecule has 88 heavy (non-hydrogen) atoms. The molecule has 0 radical (unpaired) electrons. The Bertz CT molecular complexity index is 3100. The van der Waals surface area contributed by atoms with Crippen LogP contribution < -0.4 is 59.2 Å². The van der Waals surface area contributed by atoms with Crippen molar-refractivity contribution in [2.24, 2.45) is 0 Å². The molecule has 0 aliphatic heterocycles. The molecule has 4 N–H and O–H groups in total. The van der Waals surface area contributed by atoms with Gasteiger partial charge in [-0.05, 0) is 46.5 Å². The van der Waals surface area contributed by atoms with Crippen molar-refractivity contribution >= 4 is 23.6 Å². The summed E-state index contributed by atoms with van der Waals surface area (Å²) in [5.74, 6) is -1.63. The molecule has 0 unspecified atom stereocenters. The summed E-state index contributed by atoms with van der Waals surface area (Å²) >= 11 is 0. The van der Waals surface area contributed by atoms with Gasteiger partial charge in [0.05, 0.1) is 56.9 Å². The number of ether oxygens (including phenoxy) is 8. The van der Waals surface area contributed by atoms with E-state index in [1.54, 1.807) is 81.1 Å². The fraction of sp³-hybridized carbons (Fsp3) is 0.278. The van der Waals surface area contributed by atoms with E-state index in [9.17, 15) is 19.2 Å². The van der Waals surface area contributed by atoms with Gasteiger partial charge in [-0.2, -0.15) is 0 Å². The summed E-state index contributed by atoms with van der Waals surface area (Å²) in [5.41, 5.74) is 7.99. The number of nitrogens with one attached hydrogen (secondary N) is 4. The predicted molar refractivity (Wildman–Crippen MR) is 337 cm³/mol. The highest BCUT2D eigenvalue weighted by atomic mass is 16.5. The van der Waals surface area contributed by atoms with Gasteiger partial charge in [-0.3, -0.25) is 19.2 Å². The van der Waals surface area contributed by atoms with Crippen LogP contribution in [0.1, 0.15) is 116 Å². The van der Waals surface area contributed by atoms with Crippen molar-refractivity contribution in [2.45, 2.75) is 75.5 Å². The molecule has 0 spiro atoms. The van der Waals surface area contributed by atoms with Gasteiger partial charge in [0.1, 0.15) is 46.0 Å². The lowest BCUT2D eigenvalue weighted by Gasteiger charge is -2.31. The lowest BCUT2D eigenvalue weighted by molar-refractivity contribution is -0.122. The molecule has 9 rings (SSSR count). The molecule has 0 aromatic heterocycles. The van der Waals surface area contributed by atoms with Gasteiger partial charge in [0.2, 0.25) is 23.6 Å². The van der Waals surface area contributed by atoms with Crippen molar-refractivity contribution in [3.8, 4) is 46.0 Å². The molecular weight excluding hydrogens is 1110 g/mol. The fourth-order valence-corrected chi connectivity index (χ4v) is 11.7. The number of amides is 4. The highest BCUT2D eigenvalue weighted by Crippen LogP contribution is 2.53. The van der Waals surface area contributed by atoms with Crippen LogP contribution in [-0.2, 0) is 45.4 Å². The first-order valence-corrected chi connectivity index (χ1v) is 29.2. The Labute approximate surface area is 514 Å². The van der Waals surface area contributed by atoms with Gasteiger partial charge in [0, 0.05) is 144 Å². The summed E-state index contributed by atoms with van der Waals surface area (Å²) < 4.78 is 50.6. The number of methoxy groups -OCH3 is 8. The van der Waals surface area contributed by atoms with Gasteiger partial charge in [-0.1, -0.05) is 121 Å². The molecule has 456 valence electrons. The summed E-state index contributed by atoms with van der Waals surface area (Å²) in [4.78, 5) is 59.5. The average Bonchev–Trinajstić information content (AvgIpc) is 2.32. The first-order chi connectivity index (χ1) is 42.9. The molecule has 0 fully saturated rings. The second kappa shape index (κ2) is 29.9. The molecule has 1 aliphatic carbocycles. The predicted octanol–water partition coefficient (Wildman–Crippen LogP) is 11.4. The zero-order chi connectivity index (χ0) is 62.1. The maximum absolute atomic E-state index is 14.9. The second-order valence-corrected chi connectivity index (χ2v) is 21.4. The van der Waals surface area contributed by atoms with Crippen molar-refractivity contribution in [1.82, 2.24) is 21.3 Å². The molecule has 8 aromatic carbocycles. The SMILES string of the molecule is COc1cc(OC)c2cc1C(CC(=O)NCc1ccccc1)c1cc(c(OC)cc1OC)C(CC(=O)NCc1ccccc1)c1cc(c(OC)cc1OC)C(CC(=O)NCc1ccccc1)c1cc(c(OC)cc1OC)C2CC(=O)NCc1ccccc1. The average molecular weight is 1190 g/mol. The maximum atomic E-state index is 14.9. The van der Waals surface area contributed by atoms with E-state index in [4.69, 9.17) is 37.9 Å². The monoisotopic (exact) mass is 1190 g/mol. The molecule has 0 saturated carbocycles. The Balaban J connectivity index is 1.37. The molecule has 4 amide bonds. The summed E-state index contributed by atoms with van der Waals surface area (Å²) in [7, 11) is 12.4. The van der Waals surface area contributed by atoms with Crippen LogP contribution in [0.5, 0.6) is 46.0 Å². The molecule has 0 atom stereocenters. The molecular formula is C72H76N4O12. The van der Waals surface area contributed by atoms with Crippen molar-refractivity contribution in [1.29, 1.82) is 0 Å². The largest absolute Gasteiger partial charge is 0.496 e. The number of benzene rings is 8. The first-order valence-electron chi connectivity index (χ1n) is 29.2. The summed E-state index contributed by atoms with van der Waals surface area (Å²) in [6.07, 6.45) is -0.549. The smallest absolute Gasteiger partial charge is 0.221 e. The van der Waals surface area contributed by atoms with E-state index in [-0.39, 0.29) is 75.5 Å². The van der Waals surface area contributed by atoms with Gasteiger partial charge >= 0.3 is 0 Å². The highest BCUT2D eigenvalue weighted by molar-refractivity contribution is 5.82. The molecule has 0 heterocycles. The van der Waals surface area contributed by atoms with E-state index < -0.39 is 23.7 Å². The van der Waals surface area contributed by atoms with E-state index in [2.05, 4.69) is 21.3 Å². The van der Waals surface area contributed by atoms with Crippen LogP contribution in [0.15, 0.2) is 170 Å². The number of hydrogen-bond acceptors (Lipinski definition) is 12. The van der Waals surface area contributed by atoms with Crippen LogP contribution in [-0.4, -0.2) is 80.5 Å². The van der Waals surface area contributed by atoms with Crippen molar-refractivity contribution < 1.29 is 57.1 Å². The fourth-order valence-electron chi connectivity index (χ4n) is 11.7. The van der Waals surface area contributed by atoms with Crippen LogP contribution in [0.25, 0.3) is 0 Å². The Morgan fingerprint density at radius 1 is 0.261 bits per heavy atom. The van der Waals surface area contributed by atoms with Crippen LogP contribution in [0.4, 0.5) is 0 Å². The number of rotatable bonds is 24. The maximum Gasteiger partial charge on any atom is 0.221 e. The Morgan fingerprint density at radius 2 is 0.420 bits per heavy atom. The minimum atomic E-state index is -0.858. The lowest BCUT2D eigenvalue weighted by atomic mass is 9.77. The lowest BCUT2D eigenvalue weighted by Crippen LogP contribution is -2.27. The first kappa shape index (κ1) is 62.6. The Kier molecular flexibility index (Phi) is 21.3. The number of carbonyl (C=O) groups is 4. The van der Waals surface area contributed by atoms with Gasteiger partial charge < -0.3 is 59.2 Å². The van der Waals surface area contributed by atoms with E-state index in [1.165, 1.54) is 0 Å². The summed E-state index contributed by atoms with van der Waals surface area (Å²) in [6, 6.07) is 53.3. The van der Waals surface area contributed by atoms with Gasteiger partial charge in [0.25, 0.3) is 0 Å². The van der Waals surface area contributed by atoms with Crippen molar-refractivity contribution in [2.75, 3.05) is 56.9 Å². The summed E-state index contributed by atoms with van der Waals surface area (Å²) in [6.45, 7) is 0.990. The van der Waals surface area contributed by atoms with Gasteiger partial charge in [-0.25, -0.2) is 0 Å². The molecule has 16 nitrogen and oxygen atoms in total. The van der Waals surface area contributed by atoms with E-state index in [1.807, 2.05) is 146 Å². The van der Waals surface area contributed by atoms with Crippen LogP contribution in [0, 0.1) is 0 Å². The third-order valence-electron chi connectivity index (χ3n) is 16.2. The van der Waals surface area contributed by atoms with Crippen molar-refractivity contribution in [3.05, 3.63) is 237 Å². The normalized spacial score (nSPS) is 14.9. The summed E-state index contributed by atoms with van der Waals surface area (Å²) in [5, 5.41) is 12.6. The third kappa shape index (κ3) is 14.8. The van der Waals surface area contributed by atoms with Crippen LogP contribution >= 0.6 is 0 Å². The Morgan fingerprint density at radius 3 is 0.568 bits per heavy atom. The molecule has 0 saturated heterocycles. The molecule has 1 aliphatic rings. The van der Waals surface area contributed by atoms with E-state index in [0.29, 0.717) is 90.5 Å². The minimum Gasteiger partial charge on any atom is -0.496 e. The van der Waals surface area contributed by atoms with Crippen LogP contribution in [0.2, 0.25) is 0 Å². The molecule has 16 heteroatoms. The van der Waals surface area contributed by atoms with Crippen LogP contribution in [0.3, 0.4) is 0 Å². The zero-order valence-corrected chi connectivity index (χ0v) is 51.0. The molecule has 8 bridgehead atoms. The topological polar surface area (TPSA) is 190 Å². The Hall–Kier alpha value is -9.96. The van der Waals surface area contributed by atoms with Gasteiger partial charge in [0.15, 0.2) is 0 Å². The third-order valence-corrected chi connectivity index (χ3v) is 16.2. The minimum absolute atomic E-state index is 0.137.